The van der Waals surface area contributed by atoms with Gasteiger partial charge in [0, 0.05) is 24.5 Å². The lowest BCUT2D eigenvalue weighted by atomic mass is 10.3. The standard InChI is InChI=1S/C13H21N3O3S/c1-9(2)16(6-5-12(17)18)13(19)15(4)7-11-10(3)14-8-20-11/h8-9H,5-7H2,1-4H3,(H,17,18). The van der Waals surface area contributed by atoms with E-state index in [1.807, 2.05) is 20.8 Å². The number of aliphatic carboxylic acids is 1. The Labute approximate surface area is 123 Å². The Balaban J connectivity index is 2.68. The van der Waals surface area contributed by atoms with Crippen molar-refractivity contribution < 1.29 is 14.7 Å². The zero-order valence-electron chi connectivity index (χ0n) is 12.3. The van der Waals surface area contributed by atoms with Gasteiger partial charge in [0.1, 0.15) is 0 Å². The lowest BCUT2D eigenvalue weighted by Crippen LogP contribution is -2.45. The van der Waals surface area contributed by atoms with Gasteiger partial charge in [-0.25, -0.2) is 9.78 Å². The molecule has 0 aliphatic heterocycles. The molecule has 6 nitrogen and oxygen atoms in total. The summed E-state index contributed by atoms with van der Waals surface area (Å²) in [5.41, 5.74) is 2.68. The van der Waals surface area contributed by atoms with Crippen molar-refractivity contribution in [2.24, 2.45) is 0 Å². The summed E-state index contributed by atoms with van der Waals surface area (Å²) in [6.45, 7) is 6.38. The first kappa shape index (κ1) is 16.4. The molecular weight excluding hydrogens is 278 g/mol. The number of carbonyl (C=O) groups is 2. The fourth-order valence-corrected chi connectivity index (χ4v) is 2.60. The Morgan fingerprint density at radius 3 is 2.55 bits per heavy atom. The van der Waals surface area contributed by atoms with Crippen molar-refractivity contribution in [3.63, 3.8) is 0 Å². The molecule has 7 heteroatoms. The highest BCUT2D eigenvalue weighted by molar-refractivity contribution is 7.09. The second-order valence-electron chi connectivity index (χ2n) is 4.93. The van der Waals surface area contributed by atoms with Crippen molar-refractivity contribution >= 4 is 23.3 Å². The van der Waals surface area contributed by atoms with Crippen LogP contribution in [0.4, 0.5) is 4.79 Å². The van der Waals surface area contributed by atoms with Crippen LogP contribution in [0.25, 0.3) is 0 Å². The lowest BCUT2D eigenvalue weighted by molar-refractivity contribution is -0.137. The first-order valence-corrected chi connectivity index (χ1v) is 7.33. The molecule has 0 aliphatic rings. The molecule has 1 N–H and O–H groups in total. The third-order valence-electron chi connectivity index (χ3n) is 2.99. The van der Waals surface area contributed by atoms with Gasteiger partial charge in [0.15, 0.2) is 0 Å². The summed E-state index contributed by atoms with van der Waals surface area (Å²) in [4.78, 5) is 31.4. The molecule has 0 spiro atoms. The van der Waals surface area contributed by atoms with Gasteiger partial charge in [-0.1, -0.05) is 0 Å². The molecule has 1 heterocycles. The molecule has 0 saturated heterocycles. The third kappa shape index (κ3) is 4.48. The van der Waals surface area contributed by atoms with Crippen LogP contribution in [0.3, 0.4) is 0 Å². The fourth-order valence-electron chi connectivity index (χ4n) is 1.77. The molecule has 1 rings (SSSR count). The van der Waals surface area contributed by atoms with Gasteiger partial charge in [0.05, 0.1) is 24.2 Å². The smallest absolute Gasteiger partial charge is 0.320 e. The van der Waals surface area contributed by atoms with E-state index >= 15 is 0 Å². The molecule has 1 aromatic heterocycles. The second kappa shape index (κ2) is 7.23. The average molecular weight is 299 g/mol. The third-order valence-corrected chi connectivity index (χ3v) is 3.91. The van der Waals surface area contributed by atoms with E-state index in [9.17, 15) is 9.59 Å². The number of carbonyl (C=O) groups excluding carboxylic acids is 1. The second-order valence-corrected chi connectivity index (χ2v) is 5.87. The highest BCUT2D eigenvalue weighted by Gasteiger charge is 2.22. The number of amides is 2. The average Bonchev–Trinajstić information content (AvgIpc) is 2.74. The number of thiazole rings is 1. The maximum absolute atomic E-state index is 12.4. The molecule has 2 amide bonds. The van der Waals surface area contributed by atoms with Gasteiger partial charge in [-0.15, -0.1) is 11.3 Å². The Morgan fingerprint density at radius 1 is 1.45 bits per heavy atom. The van der Waals surface area contributed by atoms with E-state index in [1.54, 1.807) is 22.4 Å². The van der Waals surface area contributed by atoms with Gasteiger partial charge in [-0.2, -0.15) is 0 Å². The van der Waals surface area contributed by atoms with Crippen LogP contribution in [-0.2, 0) is 11.3 Å². The molecule has 0 fully saturated rings. The van der Waals surface area contributed by atoms with Crippen molar-refractivity contribution in [1.29, 1.82) is 0 Å². The van der Waals surface area contributed by atoms with E-state index < -0.39 is 5.97 Å². The van der Waals surface area contributed by atoms with E-state index in [4.69, 9.17) is 5.11 Å². The number of carboxylic acid groups (broad SMARTS) is 1. The van der Waals surface area contributed by atoms with Crippen LogP contribution in [0.1, 0.15) is 30.8 Å². The number of rotatable bonds is 6. The number of aromatic nitrogens is 1. The van der Waals surface area contributed by atoms with Gasteiger partial charge in [0.2, 0.25) is 0 Å². The van der Waals surface area contributed by atoms with Crippen LogP contribution in [0.5, 0.6) is 0 Å². The topological polar surface area (TPSA) is 73.7 Å². The van der Waals surface area contributed by atoms with Gasteiger partial charge in [-0.3, -0.25) is 4.79 Å². The van der Waals surface area contributed by atoms with E-state index in [-0.39, 0.29) is 25.0 Å². The zero-order chi connectivity index (χ0) is 15.3. The van der Waals surface area contributed by atoms with E-state index in [2.05, 4.69) is 4.98 Å². The first-order chi connectivity index (χ1) is 9.32. The molecule has 0 aliphatic carbocycles. The summed E-state index contributed by atoms with van der Waals surface area (Å²) in [5.74, 6) is -0.899. The molecule has 112 valence electrons. The normalized spacial score (nSPS) is 10.7. The Kier molecular flexibility index (Phi) is 5.94. The molecule has 1 aromatic rings. The Bertz CT molecular complexity index is 473. The molecule has 0 atom stereocenters. The number of hydrogen-bond donors (Lipinski definition) is 1. The zero-order valence-corrected chi connectivity index (χ0v) is 13.1. The number of urea groups is 1. The maximum atomic E-state index is 12.4. The van der Waals surface area contributed by atoms with Crippen molar-refractivity contribution in [3.8, 4) is 0 Å². The van der Waals surface area contributed by atoms with Gasteiger partial charge >= 0.3 is 12.0 Å². The van der Waals surface area contributed by atoms with E-state index in [0.29, 0.717) is 6.54 Å². The van der Waals surface area contributed by atoms with Gasteiger partial charge in [-0.05, 0) is 20.8 Å². The van der Waals surface area contributed by atoms with Crippen molar-refractivity contribution in [2.75, 3.05) is 13.6 Å². The van der Waals surface area contributed by atoms with Crippen LogP contribution in [0.15, 0.2) is 5.51 Å². The molecule has 20 heavy (non-hydrogen) atoms. The van der Waals surface area contributed by atoms with Crippen molar-refractivity contribution in [1.82, 2.24) is 14.8 Å². The number of carboxylic acids is 1. The summed E-state index contributed by atoms with van der Waals surface area (Å²) in [6.07, 6.45) is -0.0443. The Morgan fingerprint density at radius 2 is 2.10 bits per heavy atom. The summed E-state index contributed by atoms with van der Waals surface area (Å²) >= 11 is 1.52. The highest BCUT2D eigenvalue weighted by atomic mass is 32.1. The molecule has 0 unspecified atom stereocenters. The summed E-state index contributed by atoms with van der Waals surface area (Å²) in [6, 6.07) is -0.194. The largest absolute Gasteiger partial charge is 0.481 e. The van der Waals surface area contributed by atoms with E-state index in [1.165, 1.54) is 11.3 Å². The minimum absolute atomic E-state index is 0.0353. The lowest BCUT2D eigenvalue weighted by Gasteiger charge is -2.30. The molecule has 0 saturated carbocycles. The van der Waals surface area contributed by atoms with Crippen molar-refractivity contribution in [3.05, 3.63) is 16.1 Å². The highest BCUT2D eigenvalue weighted by Crippen LogP contribution is 2.15. The molecule has 0 radical (unpaired) electrons. The van der Waals surface area contributed by atoms with E-state index in [0.717, 1.165) is 10.6 Å². The predicted molar refractivity (Wildman–Crippen MR) is 77.8 cm³/mol. The Hall–Kier alpha value is -1.63. The molecular formula is C13H21N3O3S. The number of nitrogens with zero attached hydrogens (tertiary/aromatic N) is 3. The van der Waals surface area contributed by atoms with Gasteiger partial charge < -0.3 is 14.9 Å². The van der Waals surface area contributed by atoms with Crippen LogP contribution in [0, 0.1) is 6.92 Å². The number of hydrogen-bond acceptors (Lipinski definition) is 4. The fraction of sp³-hybridized carbons (Fsp3) is 0.615. The monoisotopic (exact) mass is 299 g/mol. The van der Waals surface area contributed by atoms with Crippen LogP contribution >= 0.6 is 11.3 Å². The maximum Gasteiger partial charge on any atom is 0.320 e. The summed E-state index contributed by atoms with van der Waals surface area (Å²) in [7, 11) is 1.72. The van der Waals surface area contributed by atoms with Crippen LogP contribution in [-0.4, -0.2) is 51.5 Å². The molecule has 0 aromatic carbocycles. The number of aryl methyl sites for hydroxylation is 1. The minimum Gasteiger partial charge on any atom is -0.481 e. The van der Waals surface area contributed by atoms with Crippen LogP contribution in [0.2, 0.25) is 0 Å². The first-order valence-electron chi connectivity index (χ1n) is 6.45. The predicted octanol–water partition coefficient (Wildman–Crippen LogP) is 2.19. The minimum atomic E-state index is -0.899. The summed E-state index contributed by atoms with van der Waals surface area (Å²) in [5, 5.41) is 8.75. The SMILES string of the molecule is Cc1ncsc1CN(C)C(=O)N(CCC(=O)O)C(C)C. The van der Waals surface area contributed by atoms with Crippen LogP contribution < -0.4 is 0 Å². The summed E-state index contributed by atoms with van der Waals surface area (Å²) < 4.78 is 0. The molecule has 0 bridgehead atoms. The van der Waals surface area contributed by atoms with Gasteiger partial charge in [0.25, 0.3) is 0 Å². The quantitative estimate of drug-likeness (QED) is 0.874. The van der Waals surface area contributed by atoms with Crippen molar-refractivity contribution in [2.45, 2.75) is 39.8 Å².